The van der Waals surface area contributed by atoms with Gasteiger partial charge in [0.05, 0.1) is 16.6 Å². The van der Waals surface area contributed by atoms with Crippen molar-refractivity contribution in [3.8, 4) is 39.9 Å². The minimum Gasteiger partial charge on any atom is -0.455 e. The lowest BCUT2D eigenvalue weighted by atomic mass is 10.0. The first-order chi connectivity index (χ1) is 25.3. The van der Waals surface area contributed by atoms with Crippen LogP contribution >= 0.6 is 11.3 Å². The molecule has 7 aromatic carbocycles. The number of furan rings is 1. The summed E-state index contributed by atoms with van der Waals surface area (Å²) in [6, 6.07) is 54.9. The van der Waals surface area contributed by atoms with Crippen LogP contribution in [0.15, 0.2) is 162 Å². The van der Waals surface area contributed by atoms with Gasteiger partial charge in [-0.2, -0.15) is 9.97 Å². The lowest BCUT2D eigenvalue weighted by Crippen LogP contribution is -2.06. The minimum absolute atomic E-state index is 0.554. The number of para-hydroxylation sites is 4. The van der Waals surface area contributed by atoms with Gasteiger partial charge in [0.25, 0.3) is 0 Å². The monoisotopic (exact) mass is 670 g/mol. The average Bonchev–Trinajstić information content (AvgIpc) is 3.87. The summed E-state index contributed by atoms with van der Waals surface area (Å²) < 4.78 is 11.6. The van der Waals surface area contributed by atoms with Crippen LogP contribution in [0.2, 0.25) is 0 Å². The number of aromatic nitrogens is 4. The van der Waals surface area contributed by atoms with Gasteiger partial charge in [-0.25, -0.2) is 4.98 Å². The zero-order valence-electron chi connectivity index (χ0n) is 27.1. The molecular weight excluding hydrogens is 645 g/mol. The summed E-state index contributed by atoms with van der Waals surface area (Å²) in [5, 5.41) is 6.95. The summed E-state index contributed by atoms with van der Waals surface area (Å²) in [6.45, 7) is 0. The van der Waals surface area contributed by atoms with Gasteiger partial charge in [-0.3, -0.25) is 4.57 Å². The molecule has 0 N–H and O–H groups in total. The molecule has 0 aliphatic heterocycles. The summed E-state index contributed by atoms with van der Waals surface area (Å²) in [5.41, 5.74) is 7.59. The van der Waals surface area contributed by atoms with Crippen molar-refractivity contribution in [3.63, 3.8) is 0 Å². The number of hydrogen-bond donors (Lipinski definition) is 0. The Labute approximate surface area is 295 Å². The van der Waals surface area contributed by atoms with E-state index in [1.807, 2.05) is 47.7 Å². The molecule has 4 aromatic heterocycles. The number of hydrogen-bond acceptors (Lipinski definition) is 5. The SMILES string of the molecule is c1ccc(-c2nc(-c3cccc4c3oc3c(-c5ccc6c(c5)sc5ccccc56)cccc34)nc(-n3c4ccccc4c4ccccc43)n2)cc1. The first kappa shape index (κ1) is 28.2. The van der Waals surface area contributed by atoms with Crippen molar-refractivity contribution < 1.29 is 4.42 Å². The van der Waals surface area contributed by atoms with Crippen molar-refractivity contribution in [3.05, 3.63) is 158 Å². The maximum absolute atomic E-state index is 6.91. The fourth-order valence-corrected chi connectivity index (χ4v) is 8.70. The topological polar surface area (TPSA) is 56.7 Å². The van der Waals surface area contributed by atoms with Gasteiger partial charge in [0.1, 0.15) is 11.2 Å². The second-order valence-corrected chi connectivity index (χ2v) is 13.9. The molecule has 11 rings (SSSR count). The Hall–Kier alpha value is -6.63. The van der Waals surface area contributed by atoms with E-state index in [2.05, 4.69) is 126 Å². The first-order valence-corrected chi connectivity index (χ1v) is 17.8. The number of thiophene rings is 1. The minimum atomic E-state index is 0.554. The Morgan fingerprint density at radius 3 is 1.76 bits per heavy atom. The second-order valence-electron chi connectivity index (χ2n) is 12.8. The molecule has 4 heterocycles. The van der Waals surface area contributed by atoms with E-state index in [1.54, 1.807) is 0 Å². The van der Waals surface area contributed by atoms with E-state index in [0.29, 0.717) is 17.6 Å². The highest BCUT2D eigenvalue weighted by Crippen LogP contribution is 2.42. The van der Waals surface area contributed by atoms with Gasteiger partial charge in [0, 0.05) is 52.8 Å². The third-order valence-electron chi connectivity index (χ3n) is 9.89. The molecular formula is C45H26N4OS. The average molecular weight is 671 g/mol. The Morgan fingerprint density at radius 1 is 0.412 bits per heavy atom. The van der Waals surface area contributed by atoms with Crippen molar-refractivity contribution in [2.45, 2.75) is 0 Å². The Balaban J connectivity index is 1.15. The molecule has 0 aliphatic rings. The maximum atomic E-state index is 6.91. The fraction of sp³-hybridized carbons (Fsp3) is 0. The zero-order chi connectivity index (χ0) is 33.5. The highest BCUT2D eigenvalue weighted by atomic mass is 32.1. The van der Waals surface area contributed by atoms with Gasteiger partial charge >= 0.3 is 0 Å². The van der Waals surface area contributed by atoms with Crippen molar-refractivity contribution in [2.24, 2.45) is 0 Å². The molecule has 0 amide bonds. The molecule has 0 fully saturated rings. The second kappa shape index (κ2) is 10.9. The van der Waals surface area contributed by atoms with Gasteiger partial charge in [-0.1, -0.05) is 127 Å². The van der Waals surface area contributed by atoms with Crippen LogP contribution in [0.3, 0.4) is 0 Å². The smallest absolute Gasteiger partial charge is 0.238 e. The van der Waals surface area contributed by atoms with Gasteiger partial charge < -0.3 is 4.42 Å². The Bertz CT molecular complexity index is 3100. The van der Waals surface area contributed by atoms with Crippen LogP contribution in [-0.2, 0) is 0 Å². The number of benzene rings is 7. The van der Waals surface area contributed by atoms with Gasteiger partial charge in [0.15, 0.2) is 11.6 Å². The van der Waals surface area contributed by atoms with E-state index in [9.17, 15) is 0 Å². The van der Waals surface area contributed by atoms with Crippen molar-refractivity contribution in [2.75, 3.05) is 0 Å². The molecule has 5 nitrogen and oxygen atoms in total. The van der Waals surface area contributed by atoms with Gasteiger partial charge in [-0.15, -0.1) is 11.3 Å². The summed E-state index contributed by atoms with van der Waals surface area (Å²) in [6.07, 6.45) is 0. The van der Waals surface area contributed by atoms with Crippen LogP contribution in [0.5, 0.6) is 0 Å². The van der Waals surface area contributed by atoms with E-state index in [-0.39, 0.29) is 0 Å². The van der Waals surface area contributed by atoms with Crippen LogP contribution in [0.4, 0.5) is 0 Å². The van der Waals surface area contributed by atoms with E-state index >= 15 is 0 Å². The molecule has 238 valence electrons. The van der Waals surface area contributed by atoms with E-state index < -0.39 is 0 Å². The third-order valence-corrected chi connectivity index (χ3v) is 11.0. The van der Waals surface area contributed by atoms with Crippen LogP contribution in [0.1, 0.15) is 0 Å². The summed E-state index contributed by atoms with van der Waals surface area (Å²) in [5.74, 6) is 1.71. The number of rotatable bonds is 4. The molecule has 0 aliphatic carbocycles. The van der Waals surface area contributed by atoms with Crippen LogP contribution in [0.25, 0.3) is 104 Å². The van der Waals surface area contributed by atoms with Crippen molar-refractivity contribution in [1.82, 2.24) is 19.5 Å². The molecule has 0 radical (unpaired) electrons. The molecule has 11 aromatic rings. The largest absolute Gasteiger partial charge is 0.455 e. The van der Waals surface area contributed by atoms with Gasteiger partial charge in [-0.05, 0) is 35.9 Å². The highest BCUT2D eigenvalue weighted by Gasteiger charge is 2.21. The molecule has 0 atom stereocenters. The standard InChI is InChI=1S/C45H26N4OS/c1-2-12-27(13-3-1)43-46-44(48-45(47-43)49-37-21-7-4-14-30(37)31-15-5-8-22-38(31)49)36-20-11-19-35-34-18-10-17-29(41(34)50-42(35)36)28-24-25-33-32-16-6-9-23-39(32)51-40(33)26-28/h1-26H. The van der Waals surface area contributed by atoms with Crippen molar-refractivity contribution in [1.29, 1.82) is 0 Å². The van der Waals surface area contributed by atoms with Crippen LogP contribution in [0, 0.1) is 0 Å². The number of nitrogens with zero attached hydrogens (tertiary/aromatic N) is 4. The van der Waals surface area contributed by atoms with E-state index in [0.717, 1.165) is 66.0 Å². The summed E-state index contributed by atoms with van der Waals surface area (Å²) in [7, 11) is 0. The lowest BCUT2D eigenvalue weighted by Gasteiger charge is -2.11. The van der Waals surface area contributed by atoms with Crippen LogP contribution in [-0.4, -0.2) is 19.5 Å². The molecule has 0 spiro atoms. The predicted molar refractivity (Wildman–Crippen MR) is 211 cm³/mol. The zero-order valence-corrected chi connectivity index (χ0v) is 27.9. The Kier molecular flexibility index (Phi) is 6.05. The maximum Gasteiger partial charge on any atom is 0.238 e. The molecule has 6 heteroatoms. The third kappa shape index (κ3) is 4.30. The van der Waals surface area contributed by atoms with Crippen molar-refractivity contribution >= 4 is 75.3 Å². The molecule has 0 unspecified atom stereocenters. The molecule has 0 bridgehead atoms. The normalized spacial score (nSPS) is 11.9. The Morgan fingerprint density at radius 2 is 1.00 bits per heavy atom. The summed E-state index contributed by atoms with van der Waals surface area (Å²) in [4.78, 5) is 15.4. The lowest BCUT2D eigenvalue weighted by molar-refractivity contribution is 0.670. The molecule has 51 heavy (non-hydrogen) atoms. The van der Waals surface area contributed by atoms with Crippen LogP contribution < -0.4 is 0 Å². The van der Waals surface area contributed by atoms with Gasteiger partial charge in [0.2, 0.25) is 5.95 Å². The fourth-order valence-electron chi connectivity index (χ4n) is 7.56. The summed E-state index contributed by atoms with van der Waals surface area (Å²) >= 11 is 1.83. The highest BCUT2D eigenvalue weighted by molar-refractivity contribution is 7.25. The predicted octanol–water partition coefficient (Wildman–Crippen LogP) is 12.2. The quantitative estimate of drug-likeness (QED) is 0.187. The van der Waals surface area contributed by atoms with E-state index in [1.165, 1.54) is 20.2 Å². The molecule has 0 saturated heterocycles. The van der Waals surface area contributed by atoms with E-state index in [4.69, 9.17) is 19.4 Å². The first-order valence-electron chi connectivity index (χ1n) is 16.9. The number of fused-ring (bicyclic) bond motifs is 9. The molecule has 0 saturated carbocycles.